The van der Waals surface area contributed by atoms with Crippen LogP contribution in [0, 0.1) is 5.92 Å². The van der Waals surface area contributed by atoms with Crippen LogP contribution >= 0.6 is 11.6 Å². The lowest BCUT2D eigenvalue weighted by molar-refractivity contribution is -0.137. The van der Waals surface area contributed by atoms with Gasteiger partial charge in [-0.25, -0.2) is 0 Å². The van der Waals surface area contributed by atoms with Gasteiger partial charge in [-0.3, -0.25) is 4.79 Å². The topological polar surface area (TPSA) is 17.1 Å². The van der Waals surface area contributed by atoms with Gasteiger partial charge in [-0.2, -0.15) is 13.2 Å². The minimum Gasteiger partial charge on any atom is -0.281 e. The van der Waals surface area contributed by atoms with Crippen molar-refractivity contribution in [3.05, 3.63) is 35.4 Å². The molecule has 1 aliphatic carbocycles. The van der Waals surface area contributed by atoms with Gasteiger partial charge < -0.3 is 0 Å². The molecule has 1 atom stereocenters. The highest BCUT2D eigenvalue weighted by Gasteiger charge is 2.32. The van der Waals surface area contributed by atoms with E-state index in [1.54, 1.807) is 6.07 Å². The summed E-state index contributed by atoms with van der Waals surface area (Å²) in [6.45, 7) is 0. The third-order valence-electron chi connectivity index (χ3n) is 3.93. The minimum absolute atomic E-state index is 0.367. The fraction of sp³-hybridized carbons (Fsp3) is 0.533. The molecule has 0 amide bonds. The summed E-state index contributed by atoms with van der Waals surface area (Å²) < 4.78 is 38.2. The second kappa shape index (κ2) is 6.17. The Morgan fingerprint density at radius 3 is 2.50 bits per heavy atom. The molecular weight excluding hydrogens is 289 g/mol. The summed E-state index contributed by atoms with van der Waals surface area (Å²) in [5, 5.41) is -0.573. The second-order valence-corrected chi connectivity index (χ2v) is 5.74. The molecule has 1 aromatic rings. The average molecular weight is 305 g/mol. The largest absolute Gasteiger partial charge is 0.416 e. The van der Waals surface area contributed by atoms with E-state index in [1.165, 1.54) is 6.07 Å². The Kier molecular flexibility index (Phi) is 4.74. The molecule has 0 saturated heterocycles. The van der Waals surface area contributed by atoms with Crippen molar-refractivity contribution >= 4 is 16.8 Å². The molecule has 0 spiro atoms. The maximum Gasteiger partial charge on any atom is 0.416 e. The van der Waals surface area contributed by atoms with Gasteiger partial charge in [0.15, 0.2) is 0 Å². The van der Waals surface area contributed by atoms with Gasteiger partial charge in [0.25, 0.3) is 0 Å². The van der Waals surface area contributed by atoms with Crippen molar-refractivity contribution in [2.45, 2.75) is 44.2 Å². The molecule has 0 N–H and O–H groups in total. The molecule has 0 unspecified atom stereocenters. The first-order valence-electron chi connectivity index (χ1n) is 6.74. The van der Waals surface area contributed by atoms with Crippen LogP contribution < -0.4 is 0 Å². The number of alkyl halides is 3. The summed E-state index contributed by atoms with van der Waals surface area (Å²) in [5.41, 5.74) is -0.365. The van der Waals surface area contributed by atoms with Gasteiger partial charge in [0.1, 0.15) is 0 Å². The Morgan fingerprint density at radius 1 is 1.30 bits per heavy atom. The van der Waals surface area contributed by atoms with Crippen LogP contribution in [0.4, 0.5) is 13.2 Å². The standard InChI is InChI=1S/C15H16ClF3O/c16-14(20)13(8-10-4-1-2-5-10)11-6-3-7-12(9-11)15(17,18)19/h3,6-7,9-10,13H,1-2,4-5,8H2/t13-/m1/s1. The van der Waals surface area contributed by atoms with E-state index in [4.69, 9.17) is 11.6 Å². The third-order valence-corrected chi connectivity index (χ3v) is 4.20. The van der Waals surface area contributed by atoms with Crippen LogP contribution in [-0.4, -0.2) is 5.24 Å². The lowest BCUT2D eigenvalue weighted by atomic mass is 9.88. The molecule has 110 valence electrons. The fourth-order valence-electron chi connectivity index (χ4n) is 2.87. The Labute approximate surface area is 121 Å². The number of halogens is 4. The van der Waals surface area contributed by atoms with Crippen molar-refractivity contribution in [3.63, 3.8) is 0 Å². The lowest BCUT2D eigenvalue weighted by Crippen LogP contribution is -2.13. The normalized spacial score (nSPS) is 18.2. The first-order valence-corrected chi connectivity index (χ1v) is 7.12. The molecule has 1 aliphatic rings. The highest BCUT2D eigenvalue weighted by Crippen LogP contribution is 2.37. The van der Waals surface area contributed by atoms with Crippen LogP contribution in [0.1, 0.15) is 49.1 Å². The third kappa shape index (κ3) is 3.75. The van der Waals surface area contributed by atoms with E-state index in [-0.39, 0.29) is 0 Å². The summed E-state index contributed by atoms with van der Waals surface area (Å²) in [7, 11) is 0. The average Bonchev–Trinajstić information content (AvgIpc) is 2.87. The number of carbonyl (C=O) groups is 1. The van der Waals surface area contributed by atoms with Gasteiger partial charge in [0, 0.05) is 0 Å². The molecule has 1 nitrogen and oxygen atoms in total. The van der Waals surface area contributed by atoms with E-state index in [1.807, 2.05) is 0 Å². The molecule has 1 aromatic carbocycles. The maximum atomic E-state index is 12.7. The number of hydrogen-bond donors (Lipinski definition) is 0. The number of carbonyl (C=O) groups excluding carboxylic acids is 1. The predicted octanol–water partition coefficient (Wildman–Crippen LogP) is 5.13. The molecule has 5 heteroatoms. The van der Waals surface area contributed by atoms with Crippen LogP contribution in [0.2, 0.25) is 0 Å². The molecule has 20 heavy (non-hydrogen) atoms. The summed E-state index contributed by atoms with van der Waals surface area (Å²) in [6.07, 6.45) is 0.444. The van der Waals surface area contributed by atoms with E-state index in [2.05, 4.69) is 0 Å². The van der Waals surface area contributed by atoms with Crippen molar-refractivity contribution in [3.8, 4) is 0 Å². The zero-order chi connectivity index (χ0) is 14.8. The fourth-order valence-corrected chi connectivity index (χ4v) is 3.09. The molecule has 0 bridgehead atoms. The SMILES string of the molecule is O=C(Cl)[C@H](CC1CCCC1)c1cccc(C(F)(F)F)c1. The van der Waals surface area contributed by atoms with Crippen LogP contribution in [-0.2, 0) is 11.0 Å². The maximum absolute atomic E-state index is 12.7. The first kappa shape index (κ1) is 15.4. The lowest BCUT2D eigenvalue weighted by Gasteiger charge is -2.18. The van der Waals surface area contributed by atoms with Crippen molar-refractivity contribution in [1.29, 1.82) is 0 Å². The Bertz CT molecular complexity index is 478. The molecule has 1 saturated carbocycles. The van der Waals surface area contributed by atoms with E-state index in [0.717, 1.165) is 37.8 Å². The molecule has 0 heterocycles. The number of hydrogen-bond acceptors (Lipinski definition) is 1. The first-order chi connectivity index (χ1) is 9.38. The summed E-state index contributed by atoms with van der Waals surface area (Å²) in [4.78, 5) is 11.6. The van der Waals surface area contributed by atoms with Gasteiger partial charge in [0.05, 0.1) is 11.5 Å². The van der Waals surface area contributed by atoms with Gasteiger partial charge in [0.2, 0.25) is 5.24 Å². The zero-order valence-corrected chi connectivity index (χ0v) is 11.7. The van der Waals surface area contributed by atoms with Crippen LogP contribution in [0.5, 0.6) is 0 Å². The minimum atomic E-state index is -4.40. The molecule has 0 radical (unpaired) electrons. The van der Waals surface area contributed by atoms with Crippen molar-refractivity contribution < 1.29 is 18.0 Å². The highest BCUT2D eigenvalue weighted by molar-refractivity contribution is 6.64. The second-order valence-electron chi connectivity index (χ2n) is 5.37. The van der Waals surface area contributed by atoms with Gasteiger partial charge >= 0.3 is 6.18 Å². The molecular formula is C15H16ClF3O. The zero-order valence-electron chi connectivity index (χ0n) is 10.9. The van der Waals surface area contributed by atoms with Crippen LogP contribution in [0.15, 0.2) is 24.3 Å². The Balaban J connectivity index is 2.22. The van der Waals surface area contributed by atoms with Gasteiger partial charge in [-0.15, -0.1) is 0 Å². The van der Waals surface area contributed by atoms with Gasteiger partial charge in [-0.05, 0) is 35.6 Å². The van der Waals surface area contributed by atoms with Crippen molar-refractivity contribution in [2.24, 2.45) is 5.92 Å². The monoisotopic (exact) mass is 304 g/mol. The Morgan fingerprint density at radius 2 is 1.95 bits per heavy atom. The molecule has 2 rings (SSSR count). The summed E-state index contributed by atoms with van der Waals surface area (Å²) >= 11 is 5.60. The molecule has 0 aromatic heterocycles. The van der Waals surface area contributed by atoms with Crippen molar-refractivity contribution in [2.75, 3.05) is 0 Å². The van der Waals surface area contributed by atoms with Crippen LogP contribution in [0.25, 0.3) is 0 Å². The van der Waals surface area contributed by atoms with E-state index >= 15 is 0 Å². The molecule has 1 fully saturated rings. The molecule has 0 aliphatic heterocycles. The Hall–Kier alpha value is -1.03. The quantitative estimate of drug-likeness (QED) is 0.704. The van der Waals surface area contributed by atoms with E-state index < -0.39 is 22.9 Å². The van der Waals surface area contributed by atoms with Crippen molar-refractivity contribution in [1.82, 2.24) is 0 Å². The van der Waals surface area contributed by atoms with Gasteiger partial charge in [-0.1, -0.05) is 43.9 Å². The summed E-state index contributed by atoms with van der Waals surface area (Å²) in [5.74, 6) is -0.251. The number of benzene rings is 1. The van der Waals surface area contributed by atoms with Crippen LogP contribution in [0.3, 0.4) is 0 Å². The highest BCUT2D eigenvalue weighted by atomic mass is 35.5. The number of rotatable bonds is 4. The van der Waals surface area contributed by atoms with E-state index in [9.17, 15) is 18.0 Å². The smallest absolute Gasteiger partial charge is 0.281 e. The predicted molar refractivity (Wildman–Crippen MR) is 71.6 cm³/mol. The van der Waals surface area contributed by atoms with E-state index in [0.29, 0.717) is 17.9 Å². The summed E-state index contributed by atoms with van der Waals surface area (Å²) in [6, 6.07) is 4.93.